The van der Waals surface area contributed by atoms with Crippen LogP contribution in [-0.4, -0.2) is 22.8 Å². The molecule has 4 heteroatoms. The quantitative estimate of drug-likeness (QED) is 0.306. The van der Waals surface area contributed by atoms with Gasteiger partial charge in [-0.2, -0.15) is 0 Å². The summed E-state index contributed by atoms with van der Waals surface area (Å²) in [4.78, 5) is 4.55. The fourth-order valence-corrected chi connectivity index (χ4v) is 5.95. The fraction of sp³-hybridized carbons (Fsp3) is 0.452. The average molecular weight is 488 g/mol. The van der Waals surface area contributed by atoms with E-state index in [2.05, 4.69) is 59.7 Å². The van der Waals surface area contributed by atoms with Crippen molar-refractivity contribution in [3.8, 4) is 16.9 Å². The molecule has 0 saturated heterocycles. The zero-order valence-corrected chi connectivity index (χ0v) is 21.1. The van der Waals surface area contributed by atoms with Gasteiger partial charge in [-0.15, -0.1) is 0 Å². The van der Waals surface area contributed by atoms with Gasteiger partial charge in [-0.25, -0.2) is 0 Å². The van der Waals surface area contributed by atoms with E-state index in [9.17, 15) is 5.11 Å². The monoisotopic (exact) mass is 487 g/mol. The van der Waals surface area contributed by atoms with E-state index >= 15 is 0 Å². The van der Waals surface area contributed by atoms with Crippen molar-refractivity contribution in [3.05, 3.63) is 82.6 Å². The molecule has 0 bridgehead atoms. The van der Waals surface area contributed by atoms with Gasteiger partial charge < -0.3 is 9.84 Å². The van der Waals surface area contributed by atoms with Crippen LogP contribution in [0.2, 0.25) is 5.02 Å². The van der Waals surface area contributed by atoms with Gasteiger partial charge in [0.25, 0.3) is 0 Å². The second kappa shape index (κ2) is 9.26. The molecule has 0 radical (unpaired) electrons. The van der Waals surface area contributed by atoms with E-state index in [1.54, 1.807) is 0 Å². The molecular weight excluding hydrogens is 454 g/mol. The van der Waals surface area contributed by atoms with Crippen molar-refractivity contribution in [2.45, 2.75) is 81.1 Å². The Hall–Kier alpha value is -2.36. The summed E-state index contributed by atoms with van der Waals surface area (Å²) in [6, 6.07) is 17.3. The number of pyridine rings is 1. The van der Waals surface area contributed by atoms with Gasteiger partial charge in [0.2, 0.25) is 0 Å². The van der Waals surface area contributed by atoms with Crippen LogP contribution in [0.4, 0.5) is 0 Å². The molecule has 1 N–H and O–H groups in total. The molecule has 6 rings (SSSR count). The van der Waals surface area contributed by atoms with Gasteiger partial charge in [0, 0.05) is 29.6 Å². The van der Waals surface area contributed by atoms with Crippen LogP contribution in [0.5, 0.6) is 5.75 Å². The lowest BCUT2D eigenvalue weighted by Gasteiger charge is -2.22. The van der Waals surface area contributed by atoms with Crippen molar-refractivity contribution in [2.24, 2.45) is 0 Å². The lowest BCUT2D eigenvalue weighted by Crippen LogP contribution is -2.12. The molecule has 182 valence electrons. The highest BCUT2D eigenvalue weighted by Gasteiger charge is 2.46. The van der Waals surface area contributed by atoms with Crippen molar-refractivity contribution < 1.29 is 9.84 Å². The van der Waals surface area contributed by atoms with Crippen LogP contribution in [-0.2, 0) is 17.3 Å². The summed E-state index contributed by atoms with van der Waals surface area (Å²) in [7, 11) is 0. The number of hydrogen-bond donors (Lipinski definition) is 1. The molecule has 0 atom stereocenters. The lowest BCUT2D eigenvalue weighted by atomic mass is 9.84. The van der Waals surface area contributed by atoms with E-state index in [-0.39, 0.29) is 17.4 Å². The third-order valence-electron chi connectivity index (χ3n) is 8.44. The molecule has 2 aromatic carbocycles. The number of ether oxygens (including phenoxy) is 1. The molecule has 35 heavy (non-hydrogen) atoms. The Kier molecular flexibility index (Phi) is 6.10. The molecule has 1 aromatic heterocycles. The van der Waals surface area contributed by atoms with Gasteiger partial charge in [-0.1, -0.05) is 41.9 Å². The predicted molar refractivity (Wildman–Crippen MR) is 141 cm³/mol. The third kappa shape index (κ3) is 4.73. The minimum Gasteiger partial charge on any atom is -0.490 e. The molecule has 0 unspecified atom stereocenters. The van der Waals surface area contributed by atoms with Crippen LogP contribution in [0, 0.1) is 0 Å². The third-order valence-corrected chi connectivity index (χ3v) is 8.81. The van der Waals surface area contributed by atoms with Crippen LogP contribution >= 0.6 is 11.6 Å². The minimum atomic E-state index is 0.157. The van der Waals surface area contributed by atoms with Crippen LogP contribution in [0.1, 0.15) is 74.5 Å². The van der Waals surface area contributed by atoms with Crippen LogP contribution < -0.4 is 4.74 Å². The molecule has 3 aliphatic rings. The SMILES string of the molecule is OCCCC1(c2ccc(Cl)c(CCC3(c4cnccc4-c4ccccc4OC4CC4)CC3)c2)CC1. The van der Waals surface area contributed by atoms with Crippen molar-refractivity contribution in [2.75, 3.05) is 6.61 Å². The number of hydrogen-bond acceptors (Lipinski definition) is 3. The Labute approximate surface area is 213 Å². The molecule has 3 aromatic rings. The molecule has 3 nitrogen and oxygen atoms in total. The molecule has 3 aliphatic carbocycles. The van der Waals surface area contributed by atoms with Crippen molar-refractivity contribution >= 4 is 11.6 Å². The Morgan fingerprint density at radius 1 is 0.943 bits per heavy atom. The Bertz CT molecular complexity index is 1210. The number of aromatic nitrogens is 1. The van der Waals surface area contributed by atoms with E-state index in [1.165, 1.54) is 53.5 Å². The number of aryl methyl sites for hydroxylation is 1. The number of rotatable bonds is 11. The highest BCUT2D eigenvalue weighted by atomic mass is 35.5. The predicted octanol–water partition coefficient (Wildman–Crippen LogP) is 7.41. The van der Waals surface area contributed by atoms with E-state index in [1.807, 2.05) is 6.20 Å². The zero-order chi connectivity index (χ0) is 23.9. The van der Waals surface area contributed by atoms with Gasteiger partial charge in [0.05, 0.1) is 6.10 Å². The Morgan fingerprint density at radius 3 is 2.49 bits per heavy atom. The second-order valence-electron chi connectivity index (χ2n) is 10.9. The van der Waals surface area contributed by atoms with Crippen molar-refractivity contribution in [3.63, 3.8) is 0 Å². The first kappa shape index (κ1) is 23.1. The molecule has 0 aliphatic heterocycles. The van der Waals surface area contributed by atoms with Crippen molar-refractivity contribution in [1.82, 2.24) is 4.98 Å². The van der Waals surface area contributed by atoms with Gasteiger partial charge in [-0.05, 0) is 115 Å². The Morgan fingerprint density at radius 2 is 1.74 bits per heavy atom. The fourth-order valence-electron chi connectivity index (χ4n) is 5.74. The largest absolute Gasteiger partial charge is 0.490 e. The molecular formula is C31H34ClNO2. The maximum atomic E-state index is 9.33. The summed E-state index contributed by atoms with van der Waals surface area (Å²) in [6.45, 7) is 0.271. The molecule has 0 amide bonds. The molecule has 3 saturated carbocycles. The summed E-state index contributed by atoms with van der Waals surface area (Å²) >= 11 is 6.70. The maximum absolute atomic E-state index is 9.33. The number of nitrogens with zero attached hydrogens (tertiary/aromatic N) is 1. The van der Waals surface area contributed by atoms with Gasteiger partial charge in [-0.3, -0.25) is 4.98 Å². The second-order valence-corrected chi connectivity index (χ2v) is 11.3. The zero-order valence-electron chi connectivity index (χ0n) is 20.3. The topological polar surface area (TPSA) is 42.4 Å². The maximum Gasteiger partial charge on any atom is 0.127 e. The highest BCUT2D eigenvalue weighted by molar-refractivity contribution is 6.31. The number of benzene rings is 2. The highest BCUT2D eigenvalue weighted by Crippen LogP contribution is 2.56. The van der Waals surface area contributed by atoms with Crippen LogP contribution in [0.25, 0.3) is 11.1 Å². The first-order valence-corrected chi connectivity index (χ1v) is 13.6. The van der Waals surface area contributed by atoms with E-state index in [4.69, 9.17) is 16.3 Å². The molecule has 1 heterocycles. The van der Waals surface area contributed by atoms with E-state index < -0.39 is 0 Å². The first-order chi connectivity index (χ1) is 17.1. The van der Waals surface area contributed by atoms with E-state index in [0.717, 1.165) is 49.3 Å². The van der Waals surface area contributed by atoms with Crippen molar-refractivity contribution in [1.29, 1.82) is 0 Å². The first-order valence-electron chi connectivity index (χ1n) is 13.2. The van der Waals surface area contributed by atoms with Crippen LogP contribution in [0.15, 0.2) is 60.9 Å². The van der Waals surface area contributed by atoms with Crippen LogP contribution in [0.3, 0.4) is 0 Å². The summed E-state index contributed by atoms with van der Waals surface area (Å²) in [5, 5.41) is 10.2. The normalized spacial score (nSPS) is 19.4. The standard InChI is InChI=1S/C31H34ClNO2/c32-28-9-6-23(30(14-15-30)12-3-19-34)20-22(28)10-13-31(16-17-31)27-21-33-18-11-25(27)26-4-1-2-5-29(26)35-24-7-8-24/h1-2,4-6,9,11,18,20-21,24,34H,3,7-8,10,12-17,19H2. The summed E-state index contributed by atoms with van der Waals surface area (Å²) in [6.07, 6.45) is 15.5. The van der Waals surface area contributed by atoms with Gasteiger partial charge >= 0.3 is 0 Å². The average Bonchev–Trinajstić information content (AvgIpc) is 3.74. The van der Waals surface area contributed by atoms with E-state index in [0.29, 0.717) is 6.10 Å². The molecule has 3 fully saturated rings. The number of aliphatic hydroxyl groups excluding tert-OH is 1. The number of aliphatic hydroxyl groups is 1. The summed E-state index contributed by atoms with van der Waals surface area (Å²) < 4.78 is 6.27. The van der Waals surface area contributed by atoms with Gasteiger partial charge in [0.15, 0.2) is 0 Å². The number of halogens is 1. The minimum absolute atomic E-state index is 0.157. The van der Waals surface area contributed by atoms with Gasteiger partial charge in [0.1, 0.15) is 5.75 Å². The lowest BCUT2D eigenvalue weighted by molar-refractivity contribution is 0.277. The molecule has 0 spiro atoms. The Balaban J connectivity index is 1.25. The smallest absolute Gasteiger partial charge is 0.127 e. The number of para-hydroxylation sites is 1. The summed E-state index contributed by atoms with van der Waals surface area (Å²) in [5.74, 6) is 0.992. The summed E-state index contributed by atoms with van der Waals surface area (Å²) in [5.41, 5.74) is 6.88.